The quantitative estimate of drug-likeness (QED) is 0.828. The van der Waals surface area contributed by atoms with E-state index < -0.39 is 11.7 Å². The molecule has 0 aliphatic rings. The van der Waals surface area contributed by atoms with Gasteiger partial charge in [0.1, 0.15) is 0 Å². The number of rotatable bonds is 2. The van der Waals surface area contributed by atoms with Gasteiger partial charge in [0.05, 0.1) is 11.1 Å². The Labute approximate surface area is 89.4 Å². The van der Waals surface area contributed by atoms with Crippen molar-refractivity contribution in [1.82, 2.24) is 10.2 Å². The van der Waals surface area contributed by atoms with E-state index in [4.69, 9.17) is 5.73 Å². The largest absolute Gasteiger partial charge is 0.417 e. The van der Waals surface area contributed by atoms with E-state index >= 15 is 0 Å². The normalized spacial score (nSPS) is 12.2. The van der Waals surface area contributed by atoms with Gasteiger partial charge in [0, 0.05) is 17.5 Å². The zero-order chi connectivity index (χ0) is 11.8. The number of H-pyrrole nitrogens is 1. The molecule has 2 aromatic rings. The van der Waals surface area contributed by atoms with Crippen LogP contribution in [0, 0.1) is 0 Å². The SMILES string of the molecule is NCCc1[nH]nc2cccc(C(F)(F)F)c12. The van der Waals surface area contributed by atoms with Crippen molar-refractivity contribution in [2.24, 2.45) is 5.73 Å². The smallest absolute Gasteiger partial charge is 0.330 e. The maximum atomic E-state index is 12.7. The summed E-state index contributed by atoms with van der Waals surface area (Å²) in [5, 5.41) is 6.55. The summed E-state index contributed by atoms with van der Waals surface area (Å²) in [7, 11) is 0. The molecule has 0 bridgehead atoms. The number of fused-ring (bicyclic) bond motifs is 1. The van der Waals surface area contributed by atoms with Crippen molar-refractivity contribution in [3.8, 4) is 0 Å². The molecule has 1 heterocycles. The maximum Gasteiger partial charge on any atom is 0.417 e. The number of nitrogens with two attached hydrogens (primary N) is 1. The van der Waals surface area contributed by atoms with Crippen LogP contribution in [0.5, 0.6) is 0 Å². The van der Waals surface area contributed by atoms with E-state index in [1.165, 1.54) is 6.07 Å². The van der Waals surface area contributed by atoms with E-state index in [9.17, 15) is 13.2 Å². The summed E-state index contributed by atoms with van der Waals surface area (Å²) in [4.78, 5) is 0. The Kier molecular flexibility index (Phi) is 2.59. The Morgan fingerprint density at radius 1 is 1.31 bits per heavy atom. The van der Waals surface area contributed by atoms with Gasteiger partial charge in [0.15, 0.2) is 0 Å². The Bertz CT molecular complexity index is 501. The van der Waals surface area contributed by atoms with E-state index in [0.29, 0.717) is 17.6 Å². The number of alkyl halides is 3. The van der Waals surface area contributed by atoms with E-state index in [-0.39, 0.29) is 11.9 Å². The zero-order valence-corrected chi connectivity index (χ0v) is 8.30. The molecule has 16 heavy (non-hydrogen) atoms. The predicted octanol–water partition coefficient (Wildman–Crippen LogP) is 2.08. The standard InChI is InChI=1S/C10H10F3N3/c11-10(12,13)6-2-1-3-7-9(6)8(4-5-14)16-15-7/h1-3H,4-5,14H2,(H,15,16). The van der Waals surface area contributed by atoms with Crippen molar-refractivity contribution in [2.45, 2.75) is 12.6 Å². The molecule has 0 saturated heterocycles. The van der Waals surface area contributed by atoms with Gasteiger partial charge in [-0.3, -0.25) is 5.10 Å². The summed E-state index contributed by atoms with van der Waals surface area (Å²) < 4.78 is 38.2. The van der Waals surface area contributed by atoms with Gasteiger partial charge in [0.25, 0.3) is 0 Å². The van der Waals surface area contributed by atoms with Crippen molar-refractivity contribution in [3.05, 3.63) is 29.5 Å². The number of nitrogens with one attached hydrogen (secondary N) is 1. The Morgan fingerprint density at radius 2 is 2.06 bits per heavy atom. The van der Waals surface area contributed by atoms with E-state index in [1.807, 2.05) is 0 Å². The van der Waals surface area contributed by atoms with Crippen molar-refractivity contribution in [1.29, 1.82) is 0 Å². The molecule has 6 heteroatoms. The molecule has 0 atom stereocenters. The first kappa shape index (κ1) is 10.9. The average molecular weight is 229 g/mol. The summed E-state index contributed by atoms with van der Waals surface area (Å²) >= 11 is 0. The lowest BCUT2D eigenvalue weighted by molar-refractivity contribution is -0.136. The molecule has 1 aromatic carbocycles. The molecule has 0 fully saturated rings. The van der Waals surface area contributed by atoms with Crippen LogP contribution in [0.25, 0.3) is 10.9 Å². The number of aromatic amines is 1. The molecule has 0 saturated carbocycles. The van der Waals surface area contributed by atoms with E-state index in [0.717, 1.165) is 6.07 Å². The van der Waals surface area contributed by atoms with Crippen LogP contribution in [-0.4, -0.2) is 16.7 Å². The second kappa shape index (κ2) is 3.79. The van der Waals surface area contributed by atoms with Crippen LogP contribution < -0.4 is 5.73 Å². The van der Waals surface area contributed by atoms with Crippen LogP contribution in [0.15, 0.2) is 18.2 Å². The number of hydrogen-bond acceptors (Lipinski definition) is 2. The molecule has 86 valence electrons. The number of hydrogen-bond donors (Lipinski definition) is 2. The van der Waals surface area contributed by atoms with Gasteiger partial charge in [-0.05, 0) is 18.7 Å². The molecule has 0 aliphatic heterocycles. The van der Waals surface area contributed by atoms with Gasteiger partial charge in [-0.25, -0.2) is 0 Å². The summed E-state index contributed by atoms with van der Waals surface area (Å²) in [6.45, 7) is 0.281. The first-order chi connectivity index (χ1) is 7.54. The third kappa shape index (κ3) is 1.76. The van der Waals surface area contributed by atoms with Crippen LogP contribution >= 0.6 is 0 Å². The molecule has 0 unspecified atom stereocenters. The van der Waals surface area contributed by atoms with Gasteiger partial charge in [-0.1, -0.05) is 6.07 Å². The van der Waals surface area contributed by atoms with Gasteiger partial charge >= 0.3 is 6.18 Å². The summed E-state index contributed by atoms with van der Waals surface area (Å²) in [6, 6.07) is 3.94. The number of nitrogens with zero attached hydrogens (tertiary/aromatic N) is 1. The predicted molar refractivity (Wildman–Crippen MR) is 53.9 cm³/mol. The summed E-state index contributed by atoms with van der Waals surface area (Å²) in [6.07, 6.45) is -4.02. The molecule has 2 rings (SSSR count). The number of aromatic nitrogens is 2. The fourth-order valence-electron chi connectivity index (χ4n) is 1.70. The lowest BCUT2D eigenvalue weighted by atomic mass is 10.1. The minimum atomic E-state index is -4.37. The highest BCUT2D eigenvalue weighted by atomic mass is 19.4. The van der Waals surface area contributed by atoms with Crippen LogP contribution in [-0.2, 0) is 12.6 Å². The minimum absolute atomic E-state index is 0.125. The topological polar surface area (TPSA) is 54.7 Å². The van der Waals surface area contributed by atoms with Gasteiger partial charge in [0.2, 0.25) is 0 Å². The van der Waals surface area contributed by atoms with Crippen LogP contribution in [0.2, 0.25) is 0 Å². The van der Waals surface area contributed by atoms with Gasteiger partial charge in [-0.2, -0.15) is 18.3 Å². The van der Waals surface area contributed by atoms with Crippen molar-refractivity contribution in [3.63, 3.8) is 0 Å². The van der Waals surface area contributed by atoms with Crippen LogP contribution in [0.4, 0.5) is 13.2 Å². The third-order valence-electron chi connectivity index (χ3n) is 2.36. The first-order valence-corrected chi connectivity index (χ1v) is 4.77. The van der Waals surface area contributed by atoms with Gasteiger partial charge < -0.3 is 5.73 Å². The Balaban J connectivity index is 2.68. The Hall–Kier alpha value is -1.56. The van der Waals surface area contributed by atoms with E-state index in [2.05, 4.69) is 10.2 Å². The van der Waals surface area contributed by atoms with Crippen molar-refractivity contribution >= 4 is 10.9 Å². The fourth-order valence-corrected chi connectivity index (χ4v) is 1.70. The number of benzene rings is 1. The molecular formula is C10H10F3N3. The highest BCUT2D eigenvalue weighted by molar-refractivity contribution is 5.85. The van der Waals surface area contributed by atoms with Crippen LogP contribution in [0.3, 0.4) is 0 Å². The molecule has 3 N–H and O–H groups in total. The molecule has 0 spiro atoms. The molecule has 0 radical (unpaired) electrons. The molecule has 3 nitrogen and oxygen atoms in total. The Morgan fingerprint density at radius 3 is 2.69 bits per heavy atom. The summed E-state index contributed by atoms with van der Waals surface area (Å²) in [5.41, 5.74) is 5.43. The minimum Gasteiger partial charge on any atom is -0.330 e. The van der Waals surface area contributed by atoms with Gasteiger partial charge in [-0.15, -0.1) is 0 Å². The van der Waals surface area contributed by atoms with E-state index in [1.54, 1.807) is 6.07 Å². The molecule has 1 aromatic heterocycles. The average Bonchev–Trinajstić information content (AvgIpc) is 2.61. The lowest BCUT2D eigenvalue weighted by Crippen LogP contribution is -2.08. The van der Waals surface area contributed by atoms with Crippen molar-refractivity contribution < 1.29 is 13.2 Å². The maximum absolute atomic E-state index is 12.7. The summed E-state index contributed by atoms with van der Waals surface area (Å²) in [5.74, 6) is 0. The highest BCUT2D eigenvalue weighted by Gasteiger charge is 2.33. The zero-order valence-electron chi connectivity index (χ0n) is 8.30. The lowest BCUT2D eigenvalue weighted by Gasteiger charge is -2.08. The first-order valence-electron chi connectivity index (χ1n) is 4.77. The number of halogens is 3. The third-order valence-corrected chi connectivity index (χ3v) is 2.36. The molecular weight excluding hydrogens is 219 g/mol. The molecule has 0 aliphatic carbocycles. The fraction of sp³-hybridized carbons (Fsp3) is 0.300. The van der Waals surface area contributed by atoms with Crippen LogP contribution in [0.1, 0.15) is 11.3 Å². The van der Waals surface area contributed by atoms with Crippen molar-refractivity contribution in [2.75, 3.05) is 6.54 Å². The second-order valence-electron chi connectivity index (χ2n) is 3.44. The second-order valence-corrected chi connectivity index (χ2v) is 3.44. The monoisotopic (exact) mass is 229 g/mol. The molecule has 0 amide bonds. The highest BCUT2D eigenvalue weighted by Crippen LogP contribution is 2.35.